The Bertz CT molecular complexity index is 575. The number of alkyl halides is 3. The molecule has 0 saturated heterocycles. The van der Waals surface area contributed by atoms with Crippen molar-refractivity contribution >= 4 is 5.78 Å². The summed E-state index contributed by atoms with van der Waals surface area (Å²) >= 11 is 0. The molecule has 1 rings (SSSR count). The number of likely N-dealkylation sites (N-methyl/N-ethyl adjacent to an activating group) is 1. The molecule has 0 fully saturated rings. The SMILES string of the molecule is CCCCCCCCCCCCN(C)CCOc1ccccc1C(=O)C(F)(F)F. The summed E-state index contributed by atoms with van der Waals surface area (Å²) in [4.78, 5) is 13.6. The number of carbonyl (C=O) groups excluding carboxylic acids is 1. The van der Waals surface area contributed by atoms with Crippen LogP contribution in [-0.4, -0.2) is 43.6 Å². The number of benzene rings is 1. The van der Waals surface area contributed by atoms with Crippen LogP contribution >= 0.6 is 0 Å². The van der Waals surface area contributed by atoms with Gasteiger partial charge >= 0.3 is 6.18 Å². The van der Waals surface area contributed by atoms with E-state index in [1.807, 2.05) is 7.05 Å². The average molecular weight is 416 g/mol. The van der Waals surface area contributed by atoms with Crippen molar-refractivity contribution in [1.29, 1.82) is 0 Å². The van der Waals surface area contributed by atoms with Crippen LogP contribution in [0.1, 0.15) is 81.5 Å². The highest BCUT2D eigenvalue weighted by Crippen LogP contribution is 2.27. The summed E-state index contributed by atoms with van der Waals surface area (Å²) in [6.07, 6.45) is 7.97. The van der Waals surface area contributed by atoms with E-state index in [0.29, 0.717) is 6.54 Å². The Hall–Kier alpha value is -1.56. The molecule has 3 nitrogen and oxygen atoms in total. The van der Waals surface area contributed by atoms with Crippen molar-refractivity contribution < 1.29 is 22.7 Å². The highest BCUT2D eigenvalue weighted by molar-refractivity contribution is 6.02. The zero-order valence-electron chi connectivity index (χ0n) is 17.9. The first-order chi connectivity index (χ1) is 13.9. The minimum atomic E-state index is -4.90. The quantitative estimate of drug-likeness (QED) is 0.223. The van der Waals surface area contributed by atoms with Crippen molar-refractivity contribution in [3.8, 4) is 5.75 Å². The molecule has 0 atom stereocenters. The van der Waals surface area contributed by atoms with E-state index in [1.165, 1.54) is 69.9 Å². The van der Waals surface area contributed by atoms with Gasteiger partial charge in [0.25, 0.3) is 5.78 Å². The van der Waals surface area contributed by atoms with Crippen LogP contribution in [0.2, 0.25) is 0 Å². The molecule has 0 radical (unpaired) electrons. The summed E-state index contributed by atoms with van der Waals surface area (Å²) in [7, 11) is 1.98. The second-order valence-corrected chi connectivity index (χ2v) is 7.66. The smallest absolute Gasteiger partial charge is 0.455 e. The lowest BCUT2D eigenvalue weighted by Gasteiger charge is -2.18. The van der Waals surface area contributed by atoms with Crippen LogP contribution in [0.3, 0.4) is 0 Å². The predicted molar refractivity (Wildman–Crippen MR) is 112 cm³/mol. The normalized spacial score (nSPS) is 11.8. The zero-order valence-corrected chi connectivity index (χ0v) is 17.9. The van der Waals surface area contributed by atoms with Crippen molar-refractivity contribution in [2.75, 3.05) is 26.7 Å². The molecule has 0 aromatic heterocycles. The number of hydrogen-bond donors (Lipinski definition) is 0. The third-order valence-corrected chi connectivity index (χ3v) is 5.01. The summed E-state index contributed by atoms with van der Waals surface area (Å²) < 4.78 is 43.5. The van der Waals surface area contributed by atoms with E-state index < -0.39 is 17.5 Å². The second-order valence-electron chi connectivity index (χ2n) is 7.66. The molecule has 0 aliphatic rings. The molecule has 0 N–H and O–H groups in total. The van der Waals surface area contributed by atoms with Gasteiger partial charge in [0.15, 0.2) is 0 Å². The maximum atomic E-state index is 12.7. The maximum absolute atomic E-state index is 12.7. The fourth-order valence-electron chi connectivity index (χ4n) is 3.23. The van der Waals surface area contributed by atoms with Gasteiger partial charge in [-0.05, 0) is 32.1 Å². The molecule has 1 aromatic carbocycles. The van der Waals surface area contributed by atoms with Gasteiger partial charge in [0.2, 0.25) is 0 Å². The van der Waals surface area contributed by atoms with Gasteiger partial charge in [0, 0.05) is 6.54 Å². The number of unbranched alkanes of at least 4 members (excludes halogenated alkanes) is 9. The average Bonchev–Trinajstić information content (AvgIpc) is 2.68. The highest BCUT2D eigenvalue weighted by Gasteiger charge is 2.40. The van der Waals surface area contributed by atoms with E-state index in [2.05, 4.69) is 11.8 Å². The van der Waals surface area contributed by atoms with Crippen LogP contribution in [0.25, 0.3) is 0 Å². The van der Waals surface area contributed by atoms with E-state index in [4.69, 9.17) is 4.74 Å². The first kappa shape index (κ1) is 25.5. The van der Waals surface area contributed by atoms with E-state index in [9.17, 15) is 18.0 Å². The largest absolute Gasteiger partial charge is 0.491 e. The Kier molecular flexibility index (Phi) is 12.7. The molecule has 1 aromatic rings. The molecule has 0 aliphatic carbocycles. The molecule has 0 saturated carbocycles. The molecule has 6 heteroatoms. The Morgan fingerprint density at radius 1 is 0.897 bits per heavy atom. The minimum absolute atomic E-state index is 0.0119. The van der Waals surface area contributed by atoms with E-state index in [0.717, 1.165) is 19.0 Å². The number of nitrogens with zero attached hydrogens (tertiary/aromatic N) is 1. The van der Waals surface area contributed by atoms with Crippen LogP contribution in [0.5, 0.6) is 5.75 Å². The van der Waals surface area contributed by atoms with E-state index >= 15 is 0 Å². The third-order valence-electron chi connectivity index (χ3n) is 5.01. The van der Waals surface area contributed by atoms with Gasteiger partial charge in [-0.2, -0.15) is 13.2 Å². The van der Waals surface area contributed by atoms with Crippen molar-refractivity contribution in [1.82, 2.24) is 4.90 Å². The van der Waals surface area contributed by atoms with Crippen molar-refractivity contribution in [2.24, 2.45) is 0 Å². The number of halogens is 3. The number of hydrogen-bond acceptors (Lipinski definition) is 3. The summed E-state index contributed by atoms with van der Waals surface area (Å²) in [5.41, 5.74) is -0.433. The lowest BCUT2D eigenvalue weighted by atomic mass is 10.1. The van der Waals surface area contributed by atoms with Crippen LogP contribution in [0, 0.1) is 0 Å². The number of ketones is 1. The molecule has 166 valence electrons. The molecule has 0 amide bonds. The van der Waals surface area contributed by atoms with Crippen molar-refractivity contribution in [3.63, 3.8) is 0 Å². The molecule has 0 bridgehead atoms. The van der Waals surface area contributed by atoms with Gasteiger partial charge in [0.05, 0.1) is 5.56 Å². The highest BCUT2D eigenvalue weighted by atomic mass is 19.4. The number of ether oxygens (including phenoxy) is 1. The standard InChI is InChI=1S/C23H36F3NO2/c1-3-4-5-6-7-8-9-10-11-14-17-27(2)18-19-29-21-16-13-12-15-20(21)22(28)23(24,25)26/h12-13,15-16H,3-11,14,17-19H2,1-2H3. The Morgan fingerprint density at radius 2 is 1.45 bits per heavy atom. The van der Waals surface area contributed by atoms with Crippen LogP contribution in [0.15, 0.2) is 24.3 Å². The number of para-hydroxylation sites is 1. The molecule has 0 heterocycles. The van der Waals surface area contributed by atoms with Gasteiger partial charge in [-0.25, -0.2) is 0 Å². The molecule has 0 aliphatic heterocycles. The summed E-state index contributed by atoms with van der Waals surface area (Å²) in [5.74, 6) is -1.88. The maximum Gasteiger partial charge on any atom is 0.455 e. The monoisotopic (exact) mass is 415 g/mol. The lowest BCUT2D eigenvalue weighted by Crippen LogP contribution is -2.26. The Morgan fingerprint density at radius 3 is 2.03 bits per heavy atom. The van der Waals surface area contributed by atoms with Crippen LogP contribution in [0.4, 0.5) is 13.2 Å². The summed E-state index contributed by atoms with van der Waals surface area (Å²) in [6.45, 7) is 4.02. The third kappa shape index (κ3) is 11.3. The topological polar surface area (TPSA) is 29.5 Å². The van der Waals surface area contributed by atoms with Gasteiger partial charge < -0.3 is 9.64 Å². The molecule has 0 spiro atoms. The van der Waals surface area contributed by atoms with Gasteiger partial charge in [-0.1, -0.05) is 76.8 Å². The molecular formula is C23H36F3NO2. The molecule has 0 unspecified atom stereocenters. The Balaban J connectivity index is 2.16. The summed E-state index contributed by atoms with van der Waals surface area (Å²) in [5, 5.41) is 0. The lowest BCUT2D eigenvalue weighted by molar-refractivity contribution is -0.0886. The fourth-order valence-corrected chi connectivity index (χ4v) is 3.23. The predicted octanol–water partition coefficient (Wildman–Crippen LogP) is 6.66. The van der Waals surface area contributed by atoms with E-state index in [1.54, 1.807) is 6.07 Å². The zero-order chi connectivity index (χ0) is 21.5. The first-order valence-electron chi connectivity index (χ1n) is 10.9. The van der Waals surface area contributed by atoms with E-state index in [-0.39, 0.29) is 12.4 Å². The molecular weight excluding hydrogens is 379 g/mol. The first-order valence-corrected chi connectivity index (χ1v) is 10.9. The number of carbonyl (C=O) groups is 1. The van der Waals surface area contributed by atoms with Crippen molar-refractivity contribution in [2.45, 2.75) is 77.3 Å². The molecule has 29 heavy (non-hydrogen) atoms. The van der Waals surface area contributed by atoms with Crippen molar-refractivity contribution in [3.05, 3.63) is 29.8 Å². The second kappa shape index (κ2) is 14.4. The summed E-state index contributed by atoms with van der Waals surface area (Å²) in [6, 6.07) is 5.53. The van der Waals surface area contributed by atoms with Crippen LogP contribution in [-0.2, 0) is 0 Å². The van der Waals surface area contributed by atoms with Gasteiger partial charge in [0.1, 0.15) is 12.4 Å². The van der Waals surface area contributed by atoms with Gasteiger partial charge in [-0.15, -0.1) is 0 Å². The Labute approximate surface area is 173 Å². The van der Waals surface area contributed by atoms with Crippen LogP contribution < -0.4 is 4.74 Å². The number of Topliss-reactive ketones (excluding diaryl/α,β-unsaturated/α-hetero) is 1. The fraction of sp³-hybridized carbons (Fsp3) is 0.696. The minimum Gasteiger partial charge on any atom is -0.491 e. The number of rotatable bonds is 16. The van der Waals surface area contributed by atoms with Gasteiger partial charge in [-0.3, -0.25) is 4.79 Å².